The van der Waals surface area contributed by atoms with Crippen LogP contribution in [0, 0.1) is 0 Å². The minimum Gasteiger partial charge on any atom is -0.388 e. The highest BCUT2D eigenvalue weighted by molar-refractivity contribution is 7.60. The monoisotopic (exact) mass is 528 g/mol. The van der Waals surface area contributed by atoms with E-state index in [4.69, 9.17) is 13.8 Å². The SMILES string of the molecule is B[C@@H]1O[C@H](CC(CC)(CC)OP(C)(=O)[C@](C)(CC)C(C)(C)OP(=O)(O)[C@@](C)(O)CC)[C@@H](O)[C@H]1O. The molecule has 8 atom stereocenters. The van der Waals surface area contributed by atoms with Crippen LogP contribution in [0.1, 0.15) is 87.5 Å². The molecule has 0 radical (unpaired) electrons. The van der Waals surface area contributed by atoms with Gasteiger partial charge in [0.15, 0.2) is 5.34 Å². The zero-order chi connectivity index (χ0) is 27.0. The third kappa shape index (κ3) is 6.03. The van der Waals surface area contributed by atoms with Crippen molar-refractivity contribution in [3.05, 3.63) is 0 Å². The minimum atomic E-state index is -4.51. The normalized spacial score (nSPS) is 31.3. The Morgan fingerprint density at radius 3 is 1.76 bits per heavy atom. The van der Waals surface area contributed by atoms with E-state index in [1.807, 2.05) is 20.8 Å². The Morgan fingerprint density at radius 2 is 1.41 bits per heavy atom. The first-order chi connectivity index (χ1) is 15.2. The van der Waals surface area contributed by atoms with Crippen LogP contribution in [0.4, 0.5) is 0 Å². The lowest BCUT2D eigenvalue weighted by atomic mass is 9.87. The molecule has 0 saturated carbocycles. The number of rotatable bonds is 13. The average molecular weight is 528 g/mol. The van der Waals surface area contributed by atoms with Gasteiger partial charge in [0.1, 0.15) is 20.1 Å². The predicted octanol–water partition coefficient (Wildman–Crippen LogP) is 3.21. The predicted molar refractivity (Wildman–Crippen MR) is 136 cm³/mol. The Morgan fingerprint density at radius 1 is 0.912 bits per heavy atom. The summed E-state index contributed by atoms with van der Waals surface area (Å²) in [5.41, 5.74) is -2.33. The van der Waals surface area contributed by atoms with Gasteiger partial charge in [0, 0.05) is 13.1 Å². The molecule has 1 aliphatic rings. The highest BCUT2D eigenvalue weighted by Gasteiger charge is 2.59. The van der Waals surface area contributed by atoms with Crippen LogP contribution in [0.25, 0.3) is 0 Å². The molecule has 0 aromatic rings. The Kier molecular flexibility index (Phi) is 10.4. The lowest BCUT2D eigenvalue weighted by molar-refractivity contribution is -0.0467. The van der Waals surface area contributed by atoms with Crippen molar-refractivity contribution in [3.63, 3.8) is 0 Å². The molecule has 12 heteroatoms. The van der Waals surface area contributed by atoms with Gasteiger partial charge in [-0.15, -0.1) is 0 Å². The lowest BCUT2D eigenvalue weighted by Crippen LogP contribution is -2.51. The van der Waals surface area contributed by atoms with Gasteiger partial charge >= 0.3 is 7.60 Å². The van der Waals surface area contributed by atoms with Gasteiger partial charge in [0.25, 0.3) is 0 Å². The first-order valence-electron chi connectivity index (χ1n) is 12.3. The molecule has 4 N–H and O–H groups in total. The van der Waals surface area contributed by atoms with E-state index in [9.17, 15) is 29.3 Å². The summed E-state index contributed by atoms with van der Waals surface area (Å²) in [7, 11) is -6.41. The zero-order valence-corrected chi connectivity index (χ0v) is 24.4. The number of aliphatic hydroxyl groups excluding tert-OH is 2. The third-order valence-corrected chi connectivity index (χ3v) is 14.0. The molecule has 1 fully saturated rings. The molecule has 2 unspecified atom stereocenters. The van der Waals surface area contributed by atoms with Crippen LogP contribution >= 0.6 is 15.0 Å². The lowest BCUT2D eigenvalue weighted by Gasteiger charge is -2.50. The maximum absolute atomic E-state index is 14.3. The molecule has 0 aromatic carbocycles. The summed E-state index contributed by atoms with van der Waals surface area (Å²) in [6, 6.07) is -0.529. The molecule has 9 nitrogen and oxygen atoms in total. The summed E-state index contributed by atoms with van der Waals surface area (Å²) in [6.45, 7) is 14.8. The van der Waals surface area contributed by atoms with Crippen molar-refractivity contribution in [1.29, 1.82) is 0 Å². The van der Waals surface area contributed by atoms with Crippen LogP contribution in [0.15, 0.2) is 0 Å². The van der Waals surface area contributed by atoms with Crippen LogP contribution in [0.5, 0.6) is 0 Å². The van der Waals surface area contributed by atoms with Gasteiger partial charge in [-0.3, -0.25) is 13.7 Å². The molecule has 0 bridgehead atoms. The van der Waals surface area contributed by atoms with Crippen molar-refractivity contribution in [2.75, 3.05) is 6.66 Å². The molecule has 0 aliphatic carbocycles. The minimum absolute atomic E-state index is 0.00273. The fourth-order valence-corrected chi connectivity index (χ4v) is 8.91. The van der Waals surface area contributed by atoms with Crippen LogP contribution in [-0.4, -0.2) is 80.7 Å². The second-order valence-electron chi connectivity index (χ2n) is 10.7. The largest absolute Gasteiger partial charge is 0.388 e. The molecule has 0 amide bonds. The Bertz CT molecular complexity index is 786. The summed E-state index contributed by atoms with van der Waals surface area (Å²) < 4.78 is 45.2. The zero-order valence-electron chi connectivity index (χ0n) is 22.6. The molecule has 202 valence electrons. The molecule has 34 heavy (non-hydrogen) atoms. The van der Waals surface area contributed by atoms with Crippen molar-refractivity contribution < 1.29 is 43.1 Å². The van der Waals surface area contributed by atoms with Crippen LogP contribution in [-0.2, 0) is 22.9 Å². The fraction of sp³-hybridized carbons (Fsp3) is 1.00. The van der Waals surface area contributed by atoms with E-state index >= 15 is 0 Å². The smallest absolute Gasteiger partial charge is 0.359 e. The van der Waals surface area contributed by atoms with Gasteiger partial charge in [-0.1, -0.05) is 27.7 Å². The van der Waals surface area contributed by atoms with Gasteiger partial charge in [0.2, 0.25) is 7.37 Å². The second-order valence-corrected chi connectivity index (χ2v) is 15.8. The second kappa shape index (κ2) is 10.9. The highest BCUT2D eigenvalue weighted by atomic mass is 31.2. The first kappa shape index (κ1) is 32.3. The van der Waals surface area contributed by atoms with Crippen molar-refractivity contribution in [1.82, 2.24) is 0 Å². The quantitative estimate of drug-likeness (QED) is 0.209. The van der Waals surface area contributed by atoms with Crippen molar-refractivity contribution in [2.24, 2.45) is 0 Å². The summed E-state index contributed by atoms with van der Waals surface area (Å²) in [5.74, 6) is 0. The van der Waals surface area contributed by atoms with E-state index < -0.39 is 61.0 Å². The van der Waals surface area contributed by atoms with Gasteiger partial charge in [-0.05, 0) is 53.4 Å². The maximum Gasteiger partial charge on any atom is 0.359 e. The highest BCUT2D eigenvalue weighted by Crippen LogP contribution is 2.69. The Labute approximate surface area is 206 Å². The van der Waals surface area contributed by atoms with Crippen LogP contribution in [0.3, 0.4) is 0 Å². The van der Waals surface area contributed by atoms with Gasteiger partial charge in [0.05, 0.1) is 28.5 Å². The number of hydrogen-bond acceptors (Lipinski definition) is 8. The van der Waals surface area contributed by atoms with Crippen LogP contribution < -0.4 is 0 Å². The molecule has 1 heterocycles. The maximum atomic E-state index is 14.3. The average Bonchev–Trinajstić information content (AvgIpc) is 2.97. The van der Waals surface area contributed by atoms with E-state index in [0.29, 0.717) is 19.3 Å². The van der Waals surface area contributed by atoms with Crippen molar-refractivity contribution in [2.45, 2.75) is 134 Å². The standard InChI is InChI=1S/C22H47BO9P2/c1-10-20(7,19(5,6)31-34(28,29)21(8,26)11-2)33(9,27)32-22(12-3,13-4)14-15-16(24)17(25)18(23)30-15/h15-18,24-26H,10-14,23H2,1-9H3,(H,28,29)/t15-,16-,17-,18-,20-,21-,33?/m1/s1. The van der Waals surface area contributed by atoms with E-state index in [2.05, 4.69) is 0 Å². The molecule has 0 aromatic heterocycles. The van der Waals surface area contributed by atoms with Crippen molar-refractivity contribution in [3.8, 4) is 0 Å². The van der Waals surface area contributed by atoms with Crippen LogP contribution in [0.2, 0.25) is 0 Å². The summed E-state index contributed by atoms with van der Waals surface area (Å²) in [4.78, 5) is 10.6. The fourth-order valence-electron chi connectivity index (χ4n) is 4.55. The molecule has 1 rings (SSSR count). The van der Waals surface area contributed by atoms with Gasteiger partial charge in [-0.25, -0.2) is 0 Å². The van der Waals surface area contributed by atoms with Gasteiger partial charge in [-0.2, -0.15) is 0 Å². The molecule has 0 spiro atoms. The number of hydrogen-bond donors (Lipinski definition) is 4. The van der Waals surface area contributed by atoms with E-state index in [0.717, 1.165) is 0 Å². The molecular weight excluding hydrogens is 481 g/mol. The molecule has 1 aliphatic heterocycles. The van der Waals surface area contributed by atoms with Gasteiger partial charge < -0.3 is 29.5 Å². The van der Waals surface area contributed by atoms with E-state index in [1.54, 1.807) is 35.5 Å². The molecular formula is C22H47BO9P2. The first-order valence-corrected chi connectivity index (χ1v) is 15.9. The van der Waals surface area contributed by atoms with Crippen molar-refractivity contribution >= 4 is 22.8 Å². The number of ether oxygens (including phenoxy) is 1. The van der Waals surface area contributed by atoms with E-state index in [1.165, 1.54) is 13.6 Å². The Balaban J connectivity index is 3.35. The third-order valence-electron chi connectivity index (χ3n) is 8.34. The summed E-state index contributed by atoms with van der Waals surface area (Å²) in [5, 5.41) is 27.9. The Hall–Kier alpha value is 0.245. The number of aliphatic hydroxyl groups is 3. The van der Waals surface area contributed by atoms with E-state index in [-0.39, 0.29) is 12.8 Å². The topological polar surface area (TPSA) is 143 Å². The molecule has 1 saturated heterocycles. The summed E-state index contributed by atoms with van der Waals surface area (Å²) in [6.07, 6.45) is -1.29. The summed E-state index contributed by atoms with van der Waals surface area (Å²) >= 11 is 0.